The van der Waals surface area contributed by atoms with E-state index in [2.05, 4.69) is 21.2 Å². The maximum atomic E-state index is 12.5. The lowest BCUT2D eigenvalue weighted by atomic mass is 9.97. The van der Waals surface area contributed by atoms with Crippen molar-refractivity contribution in [3.63, 3.8) is 0 Å². The number of benzene rings is 1. The van der Waals surface area contributed by atoms with Crippen LogP contribution in [-0.4, -0.2) is 40.8 Å². The zero-order valence-corrected chi connectivity index (χ0v) is 15.1. The molecule has 6 nitrogen and oxygen atoms in total. The molecule has 1 aromatic carbocycles. The Morgan fingerprint density at radius 1 is 1.29 bits per heavy atom. The van der Waals surface area contributed by atoms with Crippen LogP contribution in [0, 0.1) is 0 Å². The minimum atomic E-state index is -0.556. The quantitative estimate of drug-likeness (QED) is 0.615. The molecule has 0 bridgehead atoms. The van der Waals surface area contributed by atoms with Gasteiger partial charge in [-0.25, -0.2) is 14.5 Å². The number of hydrogen-bond donors (Lipinski definition) is 1. The lowest BCUT2D eigenvalue weighted by Crippen LogP contribution is -2.52. The van der Waals surface area contributed by atoms with Crippen LogP contribution in [0.4, 0.5) is 4.79 Å². The largest absolute Gasteiger partial charge is 0.463 e. The Morgan fingerprint density at radius 3 is 2.54 bits per heavy atom. The van der Waals surface area contributed by atoms with E-state index in [1.165, 1.54) is 0 Å². The Labute approximate surface area is 149 Å². The van der Waals surface area contributed by atoms with Crippen molar-refractivity contribution in [3.05, 3.63) is 41.5 Å². The van der Waals surface area contributed by atoms with E-state index in [0.29, 0.717) is 10.9 Å². The fourth-order valence-corrected chi connectivity index (χ4v) is 2.88. The molecule has 0 fully saturated rings. The molecule has 0 saturated heterocycles. The number of halogens is 1. The van der Waals surface area contributed by atoms with Crippen molar-refractivity contribution in [2.45, 2.75) is 26.3 Å². The van der Waals surface area contributed by atoms with Gasteiger partial charge in [-0.05, 0) is 19.4 Å². The van der Waals surface area contributed by atoms with Crippen molar-refractivity contribution in [3.8, 4) is 0 Å². The van der Waals surface area contributed by atoms with E-state index in [9.17, 15) is 14.4 Å². The highest BCUT2D eigenvalue weighted by Crippen LogP contribution is 2.30. The molecule has 0 aromatic heterocycles. The number of alkyl halides is 1. The van der Waals surface area contributed by atoms with Crippen molar-refractivity contribution in [2.24, 2.45) is 0 Å². The third kappa shape index (κ3) is 3.67. The number of nitrogens with zero attached hydrogens (tertiary/aromatic N) is 1. The van der Waals surface area contributed by atoms with Gasteiger partial charge in [0, 0.05) is 11.8 Å². The number of urea groups is 1. The molecule has 1 aliphatic heterocycles. The first-order chi connectivity index (χ1) is 11.5. The van der Waals surface area contributed by atoms with Crippen molar-refractivity contribution in [1.29, 1.82) is 0 Å². The van der Waals surface area contributed by atoms with Gasteiger partial charge in [0.05, 0.1) is 23.9 Å². The average Bonchev–Trinajstić information content (AvgIpc) is 2.55. The van der Waals surface area contributed by atoms with Crippen molar-refractivity contribution in [1.82, 2.24) is 10.2 Å². The van der Waals surface area contributed by atoms with E-state index in [-0.39, 0.29) is 24.3 Å². The summed E-state index contributed by atoms with van der Waals surface area (Å²) in [5.41, 5.74) is 1.17. The molecule has 1 aliphatic rings. The van der Waals surface area contributed by atoms with Gasteiger partial charge in [0.1, 0.15) is 0 Å². The number of ether oxygens (including phenoxy) is 1. The molecule has 24 heavy (non-hydrogen) atoms. The number of imide groups is 1. The average molecular weight is 395 g/mol. The molecule has 1 unspecified atom stereocenters. The molecule has 1 aromatic rings. The predicted molar refractivity (Wildman–Crippen MR) is 93.2 cm³/mol. The van der Waals surface area contributed by atoms with Gasteiger partial charge < -0.3 is 10.1 Å². The number of hydrogen-bond acceptors (Lipinski definition) is 4. The summed E-state index contributed by atoms with van der Waals surface area (Å²) in [6.45, 7) is 3.61. The fraction of sp³-hybridized carbons (Fsp3) is 0.353. The summed E-state index contributed by atoms with van der Waals surface area (Å²) in [6, 6.07) is 7.82. The summed E-state index contributed by atoms with van der Waals surface area (Å²) in [4.78, 5) is 38.4. The maximum absolute atomic E-state index is 12.5. The molecule has 1 atom stereocenters. The van der Waals surface area contributed by atoms with Gasteiger partial charge in [-0.2, -0.15) is 0 Å². The van der Waals surface area contributed by atoms with Crippen LogP contribution in [0.3, 0.4) is 0 Å². The van der Waals surface area contributed by atoms with Crippen LogP contribution in [0.1, 0.15) is 25.8 Å². The number of amides is 3. The van der Waals surface area contributed by atoms with Crippen LogP contribution >= 0.6 is 15.9 Å². The zero-order valence-electron chi connectivity index (χ0n) is 13.5. The molecule has 2 rings (SSSR count). The Hall–Kier alpha value is -2.15. The van der Waals surface area contributed by atoms with Gasteiger partial charge in [0.15, 0.2) is 0 Å². The van der Waals surface area contributed by atoms with E-state index in [0.717, 1.165) is 4.90 Å². The van der Waals surface area contributed by atoms with Crippen molar-refractivity contribution >= 4 is 39.5 Å². The lowest BCUT2D eigenvalue weighted by Gasteiger charge is -2.34. The summed E-state index contributed by atoms with van der Waals surface area (Å²) in [5, 5.41) is 3.07. The summed E-state index contributed by atoms with van der Waals surface area (Å²) >= 11 is 3.21. The molecule has 3 amide bonds. The van der Waals surface area contributed by atoms with E-state index >= 15 is 0 Å². The first kappa shape index (κ1) is 18.2. The molecule has 7 heteroatoms. The summed E-state index contributed by atoms with van der Waals surface area (Å²) in [6.07, 6.45) is 0.133. The standard InChI is InChI=1S/C17H19BrN2O4/c1-3-24-16(22)14-11(2)19-17(23)20(13(21)9-10-18)15(14)12-7-5-4-6-8-12/h4-8,11H,3,9-10H2,1-2H3,(H,19,23). The second-order valence-electron chi connectivity index (χ2n) is 5.19. The smallest absolute Gasteiger partial charge is 0.338 e. The number of carbonyl (C=O) groups excluding carboxylic acids is 3. The monoisotopic (exact) mass is 394 g/mol. The Morgan fingerprint density at radius 2 is 1.96 bits per heavy atom. The van der Waals surface area contributed by atoms with Crippen molar-refractivity contribution in [2.75, 3.05) is 11.9 Å². The predicted octanol–water partition coefficient (Wildman–Crippen LogP) is 2.69. The van der Waals surface area contributed by atoms with Gasteiger partial charge in [-0.3, -0.25) is 4.79 Å². The van der Waals surface area contributed by atoms with E-state index < -0.39 is 23.9 Å². The van der Waals surface area contributed by atoms with Crippen LogP contribution in [0.15, 0.2) is 35.9 Å². The van der Waals surface area contributed by atoms with Crippen LogP contribution in [0.2, 0.25) is 0 Å². The Bertz CT molecular complexity index is 672. The first-order valence-corrected chi connectivity index (χ1v) is 8.79. The molecule has 0 radical (unpaired) electrons. The highest BCUT2D eigenvalue weighted by Gasteiger charge is 2.38. The van der Waals surface area contributed by atoms with Crippen molar-refractivity contribution < 1.29 is 19.1 Å². The molecule has 128 valence electrons. The molecular weight excluding hydrogens is 376 g/mol. The van der Waals surface area contributed by atoms with Gasteiger partial charge in [-0.15, -0.1) is 0 Å². The fourth-order valence-electron chi connectivity index (χ4n) is 2.54. The SMILES string of the molecule is CCOC(=O)C1=C(c2ccccc2)N(C(=O)CCBr)C(=O)NC1C. The number of esters is 1. The number of carbonyl (C=O) groups is 3. The molecule has 0 aliphatic carbocycles. The van der Waals surface area contributed by atoms with E-state index in [1.54, 1.807) is 38.1 Å². The van der Waals surface area contributed by atoms with Gasteiger partial charge in [-0.1, -0.05) is 46.3 Å². The van der Waals surface area contributed by atoms with E-state index in [4.69, 9.17) is 4.74 Å². The highest BCUT2D eigenvalue weighted by atomic mass is 79.9. The third-order valence-corrected chi connectivity index (χ3v) is 3.95. The summed E-state index contributed by atoms with van der Waals surface area (Å²) in [5.74, 6) is -0.933. The zero-order chi connectivity index (χ0) is 17.7. The van der Waals surface area contributed by atoms with Gasteiger partial charge in [0.2, 0.25) is 5.91 Å². The van der Waals surface area contributed by atoms with Crippen LogP contribution in [0.5, 0.6) is 0 Å². The first-order valence-electron chi connectivity index (χ1n) is 7.67. The topological polar surface area (TPSA) is 75.7 Å². The van der Waals surface area contributed by atoms with Crippen LogP contribution in [0.25, 0.3) is 5.70 Å². The highest BCUT2D eigenvalue weighted by molar-refractivity contribution is 9.09. The molecule has 1 heterocycles. The molecule has 1 N–H and O–H groups in total. The maximum Gasteiger partial charge on any atom is 0.338 e. The van der Waals surface area contributed by atoms with Gasteiger partial charge >= 0.3 is 12.0 Å². The normalized spacial score (nSPS) is 17.5. The van der Waals surface area contributed by atoms with E-state index in [1.807, 2.05) is 6.07 Å². The second kappa shape index (κ2) is 8.10. The molecule has 0 spiro atoms. The van der Waals surface area contributed by atoms with Crippen LogP contribution in [-0.2, 0) is 14.3 Å². The minimum Gasteiger partial charge on any atom is -0.463 e. The Kier molecular flexibility index (Phi) is 6.14. The van der Waals surface area contributed by atoms with Gasteiger partial charge in [0.25, 0.3) is 0 Å². The Balaban J connectivity index is 2.66. The summed E-state index contributed by atoms with van der Waals surface area (Å²) in [7, 11) is 0. The third-order valence-electron chi connectivity index (χ3n) is 3.56. The molecular formula is C17H19BrN2O4. The number of nitrogens with one attached hydrogen (secondary N) is 1. The number of rotatable bonds is 5. The molecule has 0 saturated carbocycles. The summed E-state index contributed by atoms with van der Waals surface area (Å²) < 4.78 is 5.13. The lowest BCUT2D eigenvalue weighted by molar-refractivity contribution is -0.138. The minimum absolute atomic E-state index is 0.133. The van der Waals surface area contributed by atoms with Crippen LogP contribution < -0.4 is 5.32 Å². The second-order valence-corrected chi connectivity index (χ2v) is 5.98.